The Balaban J connectivity index is 1.42. The van der Waals surface area contributed by atoms with Gasteiger partial charge in [-0.25, -0.2) is 0 Å². The summed E-state index contributed by atoms with van der Waals surface area (Å²) in [7, 11) is 0. The molecular formula is C30H28N2O3. The van der Waals surface area contributed by atoms with Crippen molar-refractivity contribution >= 4 is 23.4 Å². The van der Waals surface area contributed by atoms with Crippen LogP contribution < -0.4 is 5.32 Å². The van der Waals surface area contributed by atoms with Crippen LogP contribution in [0.5, 0.6) is 0 Å². The van der Waals surface area contributed by atoms with Gasteiger partial charge in [0.25, 0.3) is 0 Å². The van der Waals surface area contributed by atoms with Gasteiger partial charge in [-0.3, -0.25) is 19.3 Å². The van der Waals surface area contributed by atoms with Gasteiger partial charge in [0.15, 0.2) is 0 Å². The number of likely N-dealkylation sites (tertiary alicyclic amines) is 1. The Morgan fingerprint density at radius 2 is 1.17 bits per heavy atom. The summed E-state index contributed by atoms with van der Waals surface area (Å²) < 4.78 is 0. The van der Waals surface area contributed by atoms with Crippen molar-refractivity contribution in [1.29, 1.82) is 0 Å². The number of carbonyl (C=O) groups excluding carboxylic acids is 3. The van der Waals surface area contributed by atoms with Gasteiger partial charge in [0.05, 0.1) is 11.8 Å². The van der Waals surface area contributed by atoms with Crippen molar-refractivity contribution in [2.45, 2.75) is 38.1 Å². The SMILES string of the molecule is CC(C)C[C@H](C(=O)Nc1ccccc1)N1C(=O)[C@@H]2C3c4ccccc4C(c4ccccc43)[C@@H]2C1=O. The first-order valence-corrected chi connectivity index (χ1v) is 12.4. The number of nitrogens with zero attached hydrogens (tertiary/aromatic N) is 1. The van der Waals surface area contributed by atoms with Crippen molar-refractivity contribution in [1.82, 2.24) is 4.90 Å². The third-order valence-corrected chi connectivity index (χ3v) is 7.83. The Bertz CT molecular complexity index is 1220. The van der Waals surface area contributed by atoms with Crippen LogP contribution in [-0.2, 0) is 14.4 Å². The van der Waals surface area contributed by atoms with E-state index in [-0.39, 0.29) is 35.5 Å². The molecule has 3 aliphatic carbocycles. The van der Waals surface area contributed by atoms with E-state index in [1.165, 1.54) is 4.90 Å². The van der Waals surface area contributed by atoms with Crippen LogP contribution in [0.1, 0.15) is 54.4 Å². The average molecular weight is 465 g/mol. The Kier molecular flexibility index (Phi) is 5.10. The Morgan fingerprint density at radius 3 is 1.60 bits per heavy atom. The Hall–Kier alpha value is -3.73. The van der Waals surface area contributed by atoms with Gasteiger partial charge in [-0.05, 0) is 46.7 Å². The molecule has 0 spiro atoms. The van der Waals surface area contributed by atoms with Crippen LogP contribution in [-0.4, -0.2) is 28.7 Å². The fraction of sp³-hybridized carbons (Fsp3) is 0.300. The zero-order chi connectivity index (χ0) is 24.3. The highest BCUT2D eigenvalue weighted by Crippen LogP contribution is 2.61. The zero-order valence-corrected chi connectivity index (χ0v) is 19.8. The zero-order valence-electron chi connectivity index (χ0n) is 19.8. The summed E-state index contributed by atoms with van der Waals surface area (Å²) in [6, 6.07) is 24.7. The first-order valence-electron chi connectivity index (χ1n) is 12.4. The van der Waals surface area contributed by atoms with Gasteiger partial charge in [-0.2, -0.15) is 0 Å². The topological polar surface area (TPSA) is 66.5 Å². The molecule has 1 aliphatic heterocycles. The van der Waals surface area contributed by atoms with Crippen LogP contribution >= 0.6 is 0 Å². The molecule has 1 fully saturated rings. The minimum Gasteiger partial charge on any atom is -0.324 e. The molecule has 1 heterocycles. The standard InChI is InChI=1S/C30H28N2O3/c1-17(2)16-23(28(33)31-18-10-4-3-5-11-18)32-29(34)26-24-19-12-6-7-13-20(19)25(27(26)30(32)35)22-15-9-8-14-21(22)24/h3-15,17,23-27H,16H2,1-2H3,(H,31,33)/t23-,24?,25?,26-,27+/m1/s1. The number of amides is 3. The second-order valence-electron chi connectivity index (χ2n) is 10.3. The fourth-order valence-electron chi connectivity index (χ4n) is 6.53. The van der Waals surface area contributed by atoms with E-state index in [0.717, 1.165) is 22.3 Å². The van der Waals surface area contributed by atoms with Crippen molar-refractivity contribution in [3.05, 3.63) is 101 Å². The Morgan fingerprint density at radius 1 is 0.743 bits per heavy atom. The summed E-state index contributed by atoms with van der Waals surface area (Å²) in [6.45, 7) is 4.02. The van der Waals surface area contributed by atoms with E-state index in [1.807, 2.05) is 68.4 Å². The van der Waals surface area contributed by atoms with Crippen LogP contribution in [0.25, 0.3) is 0 Å². The number of hydrogen-bond donors (Lipinski definition) is 1. The molecule has 1 saturated heterocycles. The third-order valence-electron chi connectivity index (χ3n) is 7.83. The summed E-state index contributed by atoms with van der Waals surface area (Å²) in [5, 5.41) is 2.93. The summed E-state index contributed by atoms with van der Waals surface area (Å²) in [4.78, 5) is 42.9. The van der Waals surface area contributed by atoms with Gasteiger partial charge >= 0.3 is 0 Å². The molecule has 5 heteroatoms. The summed E-state index contributed by atoms with van der Waals surface area (Å²) in [5.74, 6) is -1.90. The van der Waals surface area contributed by atoms with Crippen molar-refractivity contribution in [3.63, 3.8) is 0 Å². The largest absolute Gasteiger partial charge is 0.324 e. The van der Waals surface area contributed by atoms with Crippen LogP contribution in [0, 0.1) is 17.8 Å². The lowest BCUT2D eigenvalue weighted by molar-refractivity contribution is -0.147. The maximum absolute atomic E-state index is 14.1. The lowest BCUT2D eigenvalue weighted by atomic mass is 9.55. The monoisotopic (exact) mass is 464 g/mol. The molecule has 7 rings (SSSR count). The van der Waals surface area contributed by atoms with E-state index in [1.54, 1.807) is 0 Å². The van der Waals surface area contributed by atoms with Crippen LogP contribution in [0.15, 0.2) is 78.9 Å². The Labute approximate surface area is 205 Å². The molecule has 35 heavy (non-hydrogen) atoms. The normalized spacial score (nSPS) is 24.7. The molecule has 5 nitrogen and oxygen atoms in total. The van der Waals surface area contributed by atoms with E-state index >= 15 is 0 Å². The predicted octanol–water partition coefficient (Wildman–Crippen LogP) is 4.93. The van der Waals surface area contributed by atoms with Crippen molar-refractivity contribution < 1.29 is 14.4 Å². The smallest absolute Gasteiger partial charge is 0.247 e. The summed E-state index contributed by atoms with van der Waals surface area (Å²) in [5.41, 5.74) is 5.19. The van der Waals surface area contributed by atoms with Gasteiger partial charge < -0.3 is 5.32 Å². The van der Waals surface area contributed by atoms with Gasteiger partial charge in [0, 0.05) is 17.5 Å². The number of benzene rings is 3. The van der Waals surface area contributed by atoms with Crippen molar-refractivity contribution in [3.8, 4) is 0 Å². The maximum Gasteiger partial charge on any atom is 0.247 e. The average Bonchev–Trinajstić information content (AvgIpc) is 3.13. The number of rotatable bonds is 5. The maximum atomic E-state index is 14.1. The highest BCUT2D eigenvalue weighted by molar-refractivity contribution is 6.11. The molecular weight excluding hydrogens is 436 g/mol. The van der Waals surface area contributed by atoms with Crippen LogP contribution in [0.2, 0.25) is 0 Å². The molecule has 3 aromatic rings. The number of carbonyl (C=O) groups is 3. The number of para-hydroxylation sites is 1. The first kappa shape index (κ1) is 21.8. The van der Waals surface area contributed by atoms with Crippen LogP contribution in [0.3, 0.4) is 0 Å². The lowest BCUT2D eigenvalue weighted by Gasteiger charge is -2.45. The van der Waals surface area contributed by atoms with E-state index in [9.17, 15) is 14.4 Å². The second-order valence-corrected chi connectivity index (χ2v) is 10.3. The molecule has 0 unspecified atom stereocenters. The molecule has 3 amide bonds. The molecule has 3 atom stereocenters. The van der Waals surface area contributed by atoms with Crippen molar-refractivity contribution in [2.75, 3.05) is 5.32 Å². The molecule has 0 saturated carbocycles. The lowest BCUT2D eigenvalue weighted by Crippen LogP contribution is -2.48. The van der Waals surface area contributed by atoms with Gasteiger partial charge in [-0.1, -0.05) is 80.6 Å². The molecule has 0 radical (unpaired) electrons. The number of nitrogens with one attached hydrogen (secondary N) is 1. The van der Waals surface area contributed by atoms with E-state index in [0.29, 0.717) is 12.1 Å². The van der Waals surface area contributed by atoms with Crippen LogP contribution in [0.4, 0.5) is 5.69 Å². The number of anilines is 1. The number of hydrogen-bond acceptors (Lipinski definition) is 3. The quantitative estimate of drug-likeness (QED) is 0.545. The highest BCUT2D eigenvalue weighted by atomic mass is 16.2. The molecule has 1 N–H and O–H groups in total. The van der Waals surface area contributed by atoms with E-state index in [4.69, 9.17) is 0 Å². The van der Waals surface area contributed by atoms with E-state index < -0.39 is 17.9 Å². The molecule has 3 aromatic carbocycles. The highest BCUT2D eigenvalue weighted by Gasteiger charge is 2.63. The third kappa shape index (κ3) is 3.25. The second kappa shape index (κ2) is 8.19. The minimum absolute atomic E-state index is 0.135. The minimum atomic E-state index is -0.841. The molecule has 176 valence electrons. The fourth-order valence-corrected chi connectivity index (χ4v) is 6.53. The van der Waals surface area contributed by atoms with Crippen molar-refractivity contribution in [2.24, 2.45) is 17.8 Å². The van der Waals surface area contributed by atoms with Gasteiger partial charge in [0.2, 0.25) is 17.7 Å². The predicted molar refractivity (Wildman–Crippen MR) is 134 cm³/mol. The molecule has 2 bridgehead atoms. The van der Waals surface area contributed by atoms with Gasteiger partial charge in [-0.15, -0.1) is 0 Å². The summed E-state index contributed by atoms with van der Waals surface area (Å²) in [6.07, 6.45) is 0.421. The first-order chi connectivity index (χ1) is 17.0. The molecule has 4 aliphatic rings. The summed E-state index contributed by atoms with van der Waals surface area (Å²) >= 11 is 0. The number of imide groups is 1. The molecule has 0 aromatic heterocycles. The van der Waals surface area contributed by atoms with E-state index in [2.05, 4.69) is 29.6 Å². The van der Waals surface area contributed by atoms with Gasteiger partial charge in [0.1, 0.15) is 6.04 Å².